The molecule has 0 bridgehead atoms. The molecule has 2 aromatic rings. The zero-order valence-electron chi connectivity index (χ0n) is 12.0. The first-order chi connectivity index (χ1) is 9.02. The summed E-state index contributed by atoms with van der Waals surface area (Å²) in [6.45, 7) is 8.35. The Hall–Kier alpha value is -1.71. The lowest BCUT2D eigenvalue weighted by Crippen LogP contribution is -2.30. The lowest BCUT2D eigenvalue weighted by Gasteiger charge is -2.20. The van der Waals surface area contributed by atoms with Gasteiger partial charge in [0, 0.05) is 5.69 Å². The van der Waals surface area contributed by atoms with Crippen LogP contribution in [0.4, 0.5) is 0 Å². The van der Waals surface area contributed by atoms with E-state index in [1.165, 1.54) is 22.3 Å². The van der Waals surface area contributed by atoms with Crippen molar-refractivity contribution in [3.05, 3.63) is 64.0 Å². The van der Waals surface area contributed by atoms with E-state index < -0.39 is 0 Å². The van der Waals surface area contributed by atoms with Gasteiger partial charge in [0.2, 0.25) is 0 Å². The molecule has 0 aliphatic rings. The summed E-state index contributed by atoms with van der Waals surface area (Å²) in [5.74, 6) is 5.75. The number of hydrogen-bond donors (Lipinski definition) is 2. The number of aryl methyl sites for hydroxylation is 4. The summed E-state index contributed by atoms with van der Waals surface area (Å²) in [6.07, 6.45) is 0. The highest BCUT2D eigenvalue weighted by Crippen LogP contribution is 2.25. The molecule has 100 valence electrons. The minimum Gasteiger partial charge on any atom is -0.271 e. The van der Waals surface area contributed by atoms with Gasteiger partial charge in [0.15, 0.2) is 0 Å². The van der Waals surface area contributed by atoms with Crippen molar-refractivity contribution < 1.29 is 0 Å². The fraction of sp³-hybridized carbons (Fsp3) is 0.312. The van der Waals surface area contributed by atoms with E-state index in [4.69, 9.17) is 5.84 Å². The van der Waals surface area contributed by atoms with Crippen molar-refractivity contribution in [2.24, 2.45) is 5.84 Å². The normalized spacial score (nSPS) is 12.5. The number of benzene rings is 1. The van der Waals surface area contributed by atoms with E-state index in [1.807, 2.05) is 25.1 Å². The summed E-state index contributed by atoms with van der Waals surface area (Å²) in [5.41, 5.74) is 9.83. The van der Waals surface area contributed by atoms with Gasteiger partial charge in [-0.25, -0.2) is 5.43 Å². The van der Waals surface area contributed by atoms with Gasteiger partial charge in [0.1, 0.15) is 0 Å². The molecule has 0 radical (unpaired) electrons. The van der Waals surface area contributed by atoms with Crippen molar-refractivity contribution in [3.8, 4) is 0 Å². The number of rotatable bonds is 3. The number of nitrogens with zero attached hydrogens (tertiary/aromatic N) is 1. The lowest BCUT2D eigenvalue weighted by molar-refractivity contribution is 0.615. The van der Waals surface area contributed by atoms with E-state index in [1.54, 1.807) is 0 Å². The Morgan fingerprint density at radius 2 is 1.68 bits per heavy atom. The van der Waals surface area contributed by atoms with Crippen LogP contribution in [-0.2, 0) is 0 Å². The second-order valence-corrected chi connectivity index (χ2v) is 5.10. The highest BCUT2D eigenvalue weighted by molar-refractivity contribution is 5.41. The Morgan fingerprint density at radius 1 is 1.00 bits per heavy atom. The average Bonchev–Trinajstić information content (AvgIpc) is 2.36. The van der Waals surface area contributed by atoms with Crippen molar-refractivity contribution in [1.82, 2.24) is 10.4 Å². The van der Waals surface area contributed by atoms with Crippen LogP contribution in [0.5, 0.6) is 0 Å². The molecule has 0 spiro atoms. The first kappa shape index (κ1) is 13.7. The molecule has 1 heterocycles. The van der Waals surface area contributed by atoms with Crippen LogP contribution >= 0.6 is 0 Å². The zero-order valence-corrected chi connectivity index (χ0v) is 12.0. The van der Waals surface area contributed by atoms with Gasteiger partial charge in [-0.1, -0.05) is 18.2 Å². The largest absolute Gasteiger partial charge is 0.271 e. The predicted molar refractivity (Wildman–Crippen MR) is 78.8 cm³/mol. The van der Waals surface area contributed by atoms with Crippen molar-refractivity contribution in [2.45, 2.75) is 33.7 Å². The summed E-state index contributed by atoms with van der Waals surface area (Å²) in [4.78, 5) is 4.57. The van der Waals surface area contributed by atoms with Crippen LogP contribution in [0.15, 0.2) is 30.3 Å². The predicted octanol–water partition coefficient (Wildman–Crippen LogP) is 2.87. The quantitative estimate of drug-likeness (QED) is 0.655. The molecule has 3 heteroatoms. The van der Waals surface area contributed by atoms with Crippen LogP contribution in [0, 0.1) is 27.7 Å². The third-order valence-corrected chi connectivity index (χ3v) is 3.57. The maximum Gasteiger partial charge on any atom is 0.0884 e. The maximum atomic E-state index is 5.75. The number of hydrazine groups is 1. The van der Waals surface area contributed by atoms with E-state index in [-0.39, 0.29) is 6.04 Å². The Balaban J connectivity index is 2.51. The van der Waals surface area contributed by atoms with Gasteiger partial charge in [0.25, 0.3) is 0 Å². The van der Waals surface area contributed by atoms with Gasteiger partial charge in [-0.05, 0) is 62.1 Å². The topological polar surface area (TPSA) is 50.9 Å². The highest BCUT2D eigenvalue weighted by Gasteiger charge is 2.16. The first-order valence-electron chi connectivity index (χ1n) is 6.50. The minimum absolute atomic E-state index is 0.0702. The molecule has 0 saturated heterocycles. The molecule has 1 aromatic carbocycles. The number of nitrogens with two attached hydrogens (primary N) is 1. The first-order valence-corrected chi connectivity index (χ1v) is 6.50. The monoisotopic (exact) mass is 255 g/mol. The van der Waals surface area contributed by atoms with Crippen molar-refractivity contribution in [1.29, 1.82) is 0 Å². The van der Waals surface area contributed by atoms with E-state index in [0.717, 1.165) is 11.4 Å². The average molecular weight is 255 g/mol. The fourth-order valence-corrected chi connectivity index (χ4v) is 2.35. The Labute approximate surface area is 114 Å². The van der Waals surface area contributed by atoms with Gasteiger partial charge in [-0.2, -0.15) is 0 Å². The Kier molecular flexibility index (Phi) is 3.98. The fourth-order valence-electron chi connectivity index (χ4n) is 2.35. The van der Waals surface area contributed by atoms with Crippen molar-refractivity contribution in [2.75, 3.05) is 0 Å². The summed E-state index contributed by atoms with van der Waals surface area (Å²) < 4.78 is 0. The summed E-state index contributed by atoms with van der Waals surface area (Å²) in [5, 5.41) is 0. The Bertz CT molecular complexity index is 591. The van der Waals surface area contributed by atoms with Gasteiger partial charge >= 0.3 is 0 Å². The highest BCUT2D eigenvalue weighted by atomic mass is 15.2. The van der Waals surface area contributed by atoms with E-state index in [0.29, 0.717) is 0 Å². The lowest BCUT2D eigenvalue weighted by atomic mass is 9.94. The molecular weight excluding hydrogens is 234 g/mol. The maximum absolute atomic E-state index is 5.75. The smallest absolute Gasteiger partial charge is 0.0884 e. The van der Waals surface area contributed by atoms with E-state index >= 15 is 0 Å². The molecule has 1 aromatic heterocycles. The second kappa shape index (κ2) is 5.51. The van der Waals surface area contributed by atoms with Crippen LogP contribution in [0.2, 0.25) is 0 Å². The SMILES string of the molecule is Cc1cccc(C(NN)c2cc(C)c(C)cc2C)n1. The van der Waals surface area contributed by atoms with Crippen LogP contribution in [0.25, 0.3) is 0 Å². The molecule has 0 saturated carbocycles. The molecule has 2 rings (SSSR count). The molecule has 1 atom stereocenters. The molecule has 1 unspecified atom stereocenters. The van der Waals surface area contributed by atoms with E-state index in [9.17, 15) is 0 Å². The molecule has 0 fully saturated rings. The summed E-state index contributed by atoms with van der Waals surface area (Å²) >= 11 is 0. The van der Waals surface area contributed by atoms with Crippen LogP contribution < -0.4 is 11.3 Å². The molecular formula is C16H21N3. The van der Waals surface area contributed by atoms with Gasteiger partial charge < -0.3 is 0 Å². The molecule has 3 N–H and O–H groups in total. The van der Waals surface area contributed by atoms with Crippen LogP contribution in [-0.4, -0.2) is 4.98 Å². The molecule has 3 nitrogen and oxygen atoms in total. The molecule has 0 aliphatic heterocycles. The van der Waals surface area contributed by atoms with Gasteiger partial charge in [-0.15, -0.1) is 0 Å². The summed E-state index contributed by atoms with van der Waals surface area (Å²) in [7, 11) is 0. The van der Waals surface area contributed by atoms with E-state index in [2.05, 4.69) is 43.3 Å². The number of aromatic nitrogens is 1. The van der Waals surface area contributed by atoms with Crippen LogP contribution in [0.3, 0.4) is 0 Å². The van der Waals surface area contributed by atoms with Gasteiger partial charge in [-0.3, -0.25) is 10.8 Å². The van der Waals surface area contributed by atoms with Crippen molar-refractivity contribution >= 4 is 0 Å². The minimum atomic E-state index is -0.0702. The molecule has 19 heavy (non-hydrogen) atoms. The zero-order chi connectivity index (χ0) is 14.0. The summed E-state index contributed by atoms with van der Waals surface area (Å²) in [6, 6.07) is 10.3. The van der Waals surface area contributed by atoms with Crippen molar-refractivity contribution in [3.63, 3.8) is 0 Å². The van der Waals surface area contributed by atoms with Crippen LogP contribution in [0.1, 0.15) is 39.7 Å². The number of nitrogens with one attached hydrogen (secondary N) is 1. The third kappa shape index (κ3) is 2.83. The standard InChI is InChI=1S/C16H21N3/c1-10-8-12(3)14(9-11(10)2)16(19-17)15-7-5-6-13(4)18-15/h5-9,16,19H,17H2,1-4H3. The Morgan fingerprint density at radius 3 is 2.32 bits per heavy atom. The molecule has 0 amide bonds. The van der Waals surface area contributed by atoms with Gasteiger partial charge in [0.05, 0.1) is 11.7 Å². The molecule has 0 aliphatic carbocycles. The second-order valence-electron chi connectivity index (χ2n) is 5.10. The number of pyridine rings is 1. The third-order valence-electron chi connectivity index (χ3n) is 3.57. The number of hydrogen-bond acceptors (Lipinski definition) is 3.